The summed E-state index contributed by atoms with van der Waals surface area (Å²) in [4.78, 5) is 16.3. The largest absolute Gasteiger partial charge is 0.478 e. The van der Waals surface area contributed by atoms with Crippen molar-refractivity contribution >= 4 is 38.1 Å². The van der Waals surface area contributed by atoms with Gasteiger partial charge in [-0.2, -0.15) is 0 Å². The number of aromatic nitrogens is 1. The summed E-state index contributed by atoms with van der Waals surface area (Å²) in [5.74, 6) is -1.26. The molecule has 0 saturated heterocycles. The molecule has 0 aliphatic rings. The molecular weight excluding hydrogens is 314 g/mol. The molecule has 112 valence electrons. The second-order valence-electron chi connectivity index (χ2n) is 4.34. The van der Waals surface area contributed by atoms with E-state index in [4.69, 9.17) is 5.14 Å². The van der Waals surface area contributed by atoms with Crippen LogP contribution in [-0.2, 0) is 10.0 Å². The highest BCUT2D eigenvalue weighted by atomic mass is 32.2. The van der Waals surface area contributed by atoms with Crippen molar-refractivity contribution in [2.24, 2.45) is 5.14 Å². The quantitative estimate of drug-likeness (QED) is 0.787. The fraction of sp³-hybridized carbons (Fsp3) is 0.167. The van der Waals surface area contributed by atoms with Gasteiger partial charge in [-0.3, -0.25) is 0 Å². The lowest BCUT2D eigenvalue weighted by Gasteiger charge is -2.08. The maximum absolute atomic E-state index is 11.3. The number of sulfonamides is 1. The van der Waals surface area contributed by atoms with Crippen molar-refractivity contribution in [2.45, 2.75) is 18.7 Å². The van der Waals surface area contributed by atoms with Gasteiger partial charge in [0.1, 0.15) is 0 Å². The Bertz CT molecular complexity index is 792. The van der Waals surface area contributed by atoms with Gasteiger partial charge in [0, 0.05) is 4.88 Å². The first-order chi connectivity index (χ1) is 9.68. The van der Waals surface area contributed by atoms with Gasteiger partial charge in [-0.25, -0.2) is 23.3 Å². The number of carbonyl (C=O) groups is 1. The Balaban J connectivity index is 2.46. The van der Waals surface area contributed by atoms with E-state index in [2.05, 4.69) is 10.3 Å². The fourth-order valence-corrected chi connectivity index (χ4v) is 2.99. The van der Waals surface area contributed by atoms with Crippen molar-refractivity contribution in [3.63, 3.8) is 0 Å². The van der Waals surface area contributed by atoms with Gasteiger partial charge in [-0.05, 0) is 32.0 Å². The molecule has 2 rings (SSSR count). The van der Waals surface area contributed by atoms with Crippen molar-refractivity contribution in [3.8, 4) is 0 Å². The van der Waals surface area contributed by atoms with Gasteiger partial charge in [0.2, 0.25) is 10.0 Å². The zero-order valence-corrected chi connectivity index (χ0v) is 12.9. The number of anilines is 2. The molecule has 0 aliphatic heterocycles. The summed E-state index contributed by atoms with van der Waals surface area (Å²) in [6, 6.07) is 3.63. The summed E-state index contributed by atoms with van der Waals surface area (Å²) in [6.07, 6.45) is 0. The van der Waals surface area contributed by atoms with Crippen LogP contribution in [0, 0.1) is 13.8 Å². The van der Waals surface area contributed by atoms with E-state index in [-0.39, 0.29) is 16.1 Å². The molecule has 0 saturated carbocycles. The summed E-state index contributed by atoms with van der Waals surface area (Å²) in [5, 5.41) is 17.6. The summed E-state index contributed by atoms with van der Waals surface area (Å²) in [5.41, 5.74) is 0.913. The number of benzene rings is 1. The van der Waals surface area contributed by atoms with E-state index < -0.39 is 16.0 Å². The number of nitrogens with zero attached hydrogens (tertiary/aromatic N) is 1. The van der Waals surface area contributed by atoms with E-state index in [0.29, 0.717) is 5.13 Å². The van der Waals surface area contributed by atoms with Crippen molar-refractivity contribution < 1.29 is 18.3 Å². The predicted octanol–water partition coefficient (Wildman–Crippen LogP) is 1.85. The maximum Gasteiger partial charge on any atom is 0.337 e. The van der Waals surface area contributed by atoms with E-state index in [1.54, 1.807) is 0 Å². The molecule has 4 N–H and O–H groups in total. The van der Waals surface area contributed by atoms with E-state index in [0.717, 1.165) is 16.6 Å². The van der Waals surface area contributed by atoms with E-state index in [1.165, 1.54) is 23.5 Å². The molecule has 0 amide bonds. The fourth-order valence-electron chi connectivity index (χ4n) is 1.63. The topological polar surface area (TPSA) is 122 Å². The molecule has 1 aromatic heterocycles. The number of thiazole rings is 1. The van der Waals surface area contributed by atoms with E-state index in [9.17, 15) is 18.3 Å². The highest BCUT2D eigenvalue weighted by Gasteiger charge is 2.17. The van der Waals surface area contributed by atoms with Crippen LogP contribution in [0.5, 0.6) is 0 Å². The van der Waals surface area contributed by atoms with Gasteiger partial charge in [-0.1, -0.05) is 0 Å². The van der Waals surface area contributed by atoms with E-state index in [1.807, 2.05) is 13.8 Å². The SMILES string of the molecule is Cc1nc(Nc2ccc(S(N)(=O)=O)cc2C(=O)O)sc1C. The number of rotatable bonds is 4. The lowest BCUT2D eigenvalue weighted by molar-refractivity contribution is 0.0697. The van der Waals surface area contributed by atoms with Crippen LogP contribution in [0.4, 0.5) is 10.8 Å². The van der Waals surface area contributed by atoms with Gasteiger partial charge in [-0.15, -0.1) is 11.3 Å². The number of nitrogens with two attached hydrogens (primary N) is 1. The van der Waals surface area contributed by atoms with Crippen molar-refractivity contribution in [2.75, 3.05) is 5.32 Å². The number of aromatic carboxylic acids is 1. The van der Waals surface area contributed by atoms with Crippen molar-refractivity contribution in [3.05, 3.63) is 34.3 Å². The second-order valence-corrected chi connectivity index (χ2v) is 7.11. The van der Waals surface area contributed by atoms with Gasteiger partial charge < -0.3 is 10.4 Å². The van der Waals surface area contributed by atoms with Gasteiger partial charge in [0.05, 0.1) is 21.8 Å². The molecule has 0 fully saturated rings. The zero-order chi connectivity index (χ0) is 15.8. The minimum atomic E-state index is -3.96. The number of nitrogens with one attached hydrogen (secondary N) is 1. The van der Waals surface area contributed by atoms with Gasteiger partial charge >= 0.3 is 5.97 Å². The first-order valence-corrected chi connectivity index (χ1v) is 8.16. The standard InChI is InChI=1S/C12H13N3O4S2/c1-6-7(2)20-12(14-6)15-10-4-3-8(21(13,18)19)5-9(10)11(16)17/h3-5H,1-2H3,(H,14,15)(H,16,17)(H2,13,18,19). The Labute approximate surface area is 125 Å². The number of primary sulfonamides is 1. The number of aryl methyl sites for hydroxylation is 2. The molecule has 7 nitrogen and oxygen atoms in total. The minimum Gasteiger partial charge on any atom is -0.478 e. The first kappa shape index (κ1) is 15.4. The summed E-state index contributed by atoms with van der Waals surface area (Å²) in [6.45, 7) is 3.75. The Morgan fingerprint density at radius 2 is 2.05 bits per heavy atom. The highest BCUT2D eigenvalue weighted by molar-refractivity contribution is 7.89. The summed E-state index contributed by atoms with van der Waals surface area (Å²) in [7, 11) is -3.96. The minimum absolute atomic E-state index is 0.188. The second kappa shape index (κ2) is 5.43. The van der Waals surface area contributed by atoms with Crippen molar-refractivity contribution in [1.82, 2.24) is 4.98 Å². The van der Waals surface area contributed by atoms with Crippen LogP contribution in [0.2, 0.25) is 0 Å². The van der Waals surface area contributed by atoms with Crippen LogP contribution in [0.15, 0.2) is 23.1 Å². The molecule has 0 aliphatic carbocycles. The summed E-state index contributed by atoms with van der Waals surface area (Å²) < 4.78 is 22.6. The summed E-state index contributed by atoms with van der Waals surface area (Å²) >= 11 is 1.38. The molecule has 0 bridgehead atoms. The van der Waals surface area contributed by atoms with E-state index >= 15 is 0 Å². The molecule has 2 aromatic rings. The monoisotopic (exact) mass is 327 g/mol. The number of hydrogen-bond acceptors (Lipinski definition) is 6. The lowest BCUT2D eigenvalue weighted by Crippen LogP contribution is -2.13. The average molecular weight is 327 g/mol. The molecule has 0 radical (unpaired) electrons. The van der Waals surface area contributed by atoms with Crippen LogP contribution in [0.1, 0.15) is 20.9 Å². The number of hydrogen-bond donors (Lipinski definition) is 3. The van der Waals surface area contributed by atoms with Crippen LogP contribution < -0.4 is 10.5 Å². The van der Waals surface area contributed by atoms with Crippen molar-refractivity contribution in [1.29, 1.82) is 0 Å². The molecular formula is C12H13N3O4S2. The molecule has 0 unspecified atom stereocenters. The number of carboxylic acids is 1. The Morgan fingerprint density at radius 1 is 1.38 bits per heavy atom. The lowest BCUT2D eigenvalue weighted by atomic mass is 10.2. The Kier molecular flexibility index (Phi) is 3.99. The number of carboxylic acid groups (broad SMARTS) is 1. The third-order valence-electron chi connectivity index (χ3n) is 2.82. The first-order valence-electron chi connectivity index (χ1n) is 5.79. The maximum atomic E-state index is 11.3. The van der Waals surface area contributed by atoms with Crippen LogP contribution in [0.3, 0.4) is 0 Å². The molecule has 1 aromatic carbocycles. The zero-order valence-electron chi connectivity index (χ0n) is 11.2. The van der Waals surface area contributed by atoms with Gasteiger partial charge in [0.25, 0.3) is 0 Å². The normalized spacial score (nSPS) is 11.4. The van der Waals surface area contributed by atoms with Crippen LogP contribution in [-0.4, -0.2) is 24.5 Å². The highest BCUT2D eigenvalue weighted by Crippen LogP contribution is 2.28. The average Bonchev–Trinajstić information content (AvgIpc) is 2.67. The molecule has 9 heteroatoms. The third-order valence-corrected chi connectivity index (χ3v) is 4.72. The Hall–Kier alpha value is -1.97. The molecule has 0 atom stereocenters. The molecule has 21 heavy (non-hydrogen) atoms. The third kappa shape index (κ3) is 3.38. The van der Waals surface area contributed by atoms with Gasteiger partial charge in [0.15, 0.2) is 5.13 Å². The Morgan fingerprint density at radius 3 is 2.52 bits per heavy atom. The van der Waals surface area contributed by atoms with Crippen LogP contribution >= 0.6 is 11.3 Å². The molecule has 1 heterocycles. The predicted molar refractivity (Wildman–Crippen MR) is 79.6 cm³/mol. The smallest absolute Gasteiger partial charge is 0.337 e. The van der Waals surface area contributed by atoms with Crippen LogP contribution in [0.25, 0.3) is 0 Å². The molecule has 0 spiro atoms.